The third kappa shape index (κ3) is 5.10. The fourth-order valence-electron chi connectivity index (χ4n) is 3.28. The number of amides is 1. The quantitative estimate of drug-likeness (QED) is 0.577. The minimum atomic E-state index is -0.407. The molecule has 3 aromatic rings. The Bertz CT molecular complexity index is 1100. The van der Waals surface area contributed by atoms with Gasteiger partial charge in [0, 0.05) is 53.7 Å². The predicted molar refractivity (Wildman–Crippen MR) is 118 cm³/mol. The summed E-state index contributed by atoms with van der Waals surface area (Å²) in [5.74, 6) is 1.04. The summed E-state index contributed by atoms with van der Waals surface area (Å²) in [5.41, 5.74) is 1.77. The second-order valence-corrected chi connectivity index (χ2v) is 6.88. The van der Waals surface area contributed by atoms with Crippen molar-refractivity contribution in [1.82, 2.24) is 9.55 Å². The van der Waals surface area contributed by atoms with Gasteiger partial charge in [0.05, 0.1) is 14.2 Å². The van der Waals surface area contributed by atoms with Gasteiger partial charge in [-0.2, -0.15) is 0 Å². The van der Waals surface area contributed by atoms with Crippen LogP contribution >= 0.6 is 0 Å². The number of aliphatic hydroxyl groups is 1. The Morgan fingerprint density at radius 1 is 1.10 bits per heavy atom. The third-order valence-electron chi connectivity index (χ3n) is 4.80. The summed E-state index contributed by atoms with van der Waals surface area (Å²) in [5, 5.41) is 12.1. The van der Waals surface area contributed by atoms with E-state index in [0.29, 0.717) is 39.8 Å². The highest BCUT2D eigenvalue weighted by Gasteiger charge is 2.18. The number of hydrogen-bond donors (Lipinski definition) is 2. The van der Waals surface area contributed by atoms with E-state index in [1.807, 2.05) is 30.3 Å². The van der Waals surface area contributed by atoms with Gasteiger partial charge in [-0.15, -0.1) is 0 Å². The average Bonchev–Trinajstić information content (AvgIpc) is 2.78. The molecule has 1 heterocycles. The van der Waals surface area contributed by atoms with Crippen molar-refractivity contribution >= 4 is 11.6 Å². The summed E-state index contributed by atoms with van der Waals surface area (Å²) in [6.07, 6.45) is 0.168. The number of nitrogens with zero attached hydrogens (tertiary/aromatic N) is 2. The second kappa shape index (κ2) is 9.90. The van der Waals surface area contributed by atoms with Gasteiger partial charge in [0.15, 0.2) is 0 Å². The number of nitrogens with one attached hydrogen (secondary N) is 1. The van der Waals surface area contributed by atoms with Crippen LogP contribution in [-0.4, -0.2) is 41.4 Å². The number of ether oxygens (including phenoxy) is 2. The van der Waals surface area contributed by atoms with Gasteiger partial charge < -0.3 is 19.9 Å². The van der Waals surface area contributed by atoms with Gasteiger partial charge in [0.1, 0.15) is 23.9 Å². The highest BCUT2D eigenvalue weighted by Crippen LogP contribution is 2.26. The molecule has 8 heteroatoms. The molecule has 31 heavy (non-hydrogen) atoms. The van der Waals surface area contributed by atoms with Gasteiger partial charge >= 0.3 is 0 Å². The molecule has 0 bridgehead atoms. The number of hydrogen-bond acceptors (Lipinski definition) is 6. The van der Waals surface area contributed by atoms with Crippen molar-refractivity contribution in [2.45, 2.75) is 19.9 Å². The summed E-state index contributed by atoms with van der Waals surface area (Å²) in [6, 6.07) is 14.2. The summed E-state index contributed by atoms with van der Waals surface area (Å²) < 4.78 is 11.8. The SMILES string of the molecule is COc1cc(NC(=O)Cn2c(-c3ccccc3)nc(C)c(CCO)c2=O)cc(OC)c1. The largest absolute Gasteiger partial charge is 0.497 e. The van der Waals surface area contributed by atoms with E-state index >= 15 is 0 Å². The predicted octanol–water partition coefficient (Wildman–Crippen LogP) is 2.41. The van der Waals surface area contributed by atoms with Crippen LogP contribution in [0.15, 0.2) is 53.3 Å². The standard InChI is InChI=1S/C23H25N3O5/c1-15-20(9-10-27)23(29)26(22(24-15)16-7-5-4-6-8-16)14-21(28)25-17-11-18(30-2)13-19(12-17)31-3/h4-8,11-13,27H,9-10,14H2,1-3H3,(H,25,28). The van der Waals surface area contributed by atoms with Crippen molar-refractivity contribution < 1.29 is 19.4 Å². The number of aromatic nitrogens is 2. The van der Waals surface area contributed by atoms with Crippen molar-refractivity contribution in [2.24, 2.45) is 0 Å². The lowest BCUT2D eigenvalue weighted by molar-refractivity contribution is -0.116. The van der Waals surface area contributed by atoms with E-state index in [9.17, 15) is 14.7 Å². The molecule has 0 spiro atoms. The van der Waals surface area contributed by atoms with Crippen LogP contribution in [0.5, 0.6) is 11.5 Å². The van der Waals surface area contributed by atoms with E-state index in [-0.39, 0.29) is 25.1 Å². The first-order chi connectivity index (χ1) is 15.0. The number of benzene rings is 2. The fourth-order valence-corrected chi connectivity index (χ4v) is 3.28. The lowest BCUT2D eigenvalue weighted by Gasteiger charge is -2.16. The summed E-state index contributed by atoms with van der Waals surface area (Å²) in [6.45, 7) is 1.30. The first-order valence-corrected chi connectivity index (χ1v) is 9.76. The van der Waals surface area contributed by atoms with Gasteiger partial charge in [-0.25, -0.2) is 4.98 Å². The van der Waals surface area contributed by atoms with Crippen LogP contribution in [0, 0.1) is 6.92 Å². The van der Waals surface area contributed by atoms with Crippen LogP contribution in [0.25, 0.3) is 11.4 Å². The molecule has 8 nitrogen and oxygen atoms in total. The lowest BCUT2D eigenvalue weighted by Crippen LogP contribution is -2.33. The Labute approximate surface area is 180 Å². The van der Waals surface area contributed by atoms with Crippen LogP contribution in [-0.2, 0) is 17.8 Å². The topological polar surface area (TPSA) is 103 Å². The number of carbonyl (C=O) groups excluding carboxylic acids is 1. The third-order valence-corrected chi connectivity index (χ3v) is 4.80. The zero-order valence-corrected chi connectivity index (χ0v) is 17.7. The number of rotatable bonds is 8. The van der Waals surface area contributed by atoms with Crippen LogP contribution < -0.4 is 20.3 Å². The smallest absolute Gasteiger partial charge is 0.257 e. The normalized spacial score (nSPS) is 10.6. The van der Waals surface area contributed by atoms with Crippen LogP contribution in [0.2, 0.25) is 0 Å². The second-order valence-electron chi connectivity index (χ2n) is 6.88. The van der Waals surface area contributed by atoms with Gasteiger partial charge in [-0.1, -0.05) is 30.3 Å². The molecule has 3 rings (SSSR count). The van der Waals surface area contributed by atoms with E-state index in [1.54, 1.807) is 25.1 Å². The molecule has 0 aliphatic rings. The minimum Gasteiger partial charge on any atom is -0.497 e. The minimum absolute atomic E-state index is 0.168. The maximum atomic E-state index is 13.2. The molecule has 1 aromatic heterocycles. The van der Waals surface area contributed by atoms with E-state index in [4.69, 9.17) is 9.47 Å². The van der Waals surface area contributed by atoms with Crippen molar-refractivity contribution in [3.05, 3.63) is 70.1 Å². The number of methoxy groups -OCH3 is 2. The molecule has 0 saturated heterocycles. The highest BCUT2D eigenvalue weighted by molar-refractivity contribution is 5.91. The molecule has 0 atom stereocenters. The van der Waals surface area contributed by atoms with Crippen molar-refractivity contribution in [3.63, 3.8) is 0 Å². The molecule has 162 valence electrons. The zero-order chi connectivity index (χ0) is 22.4. The Kier molecular flexibility index (Phi) is 7.04. The van der Waals surface area contributed by atoms with Crippen LogP contribution in [0.3, 0.4) is 0 Å². The molecule has 2 aromatic carbocycles. The molecule has 0 saturated carbocycles. The summed E-state index contributed by atoms with van der Waals surface area (Å²) in [7, 11) is 3.04. The number of aliphatic hydroxyl groups excluding tert-OH is 1. The first-order valence-electron chi connectivity index (χ1n) is 9.76. The van der Waals surface area contributed by atoms with E-state index in [1.165, 1.54) is 18.8 Å². The summed E-state index contributed by atoms with van der Waals surface area (Å²) in [4.78, 5) is 30.6. The summed E-state index contributed by atoms with van der Waals surface area (Å²) >= 11 is 0. The Morgan fingerprint density at radius 2 is 1.74 bits per heavy atom. The van der Waals surface area contributed by atoms with Crippen molar-refractivity contribution in [3.8, 4) is 22.9 Å². The first kappa shape index (κ1) is 22.0. The monoisotopic (exact) mass is 423 g/mol. The van der Waals surface area contributed by atoms with Crippen LogP contribution in [0.1, 0.15) is 11.3 Å². The molecule has 0 aliphatic heterocycles. The van der Waals surface area contributed by atoms with Crippen molar-refractivity contribution in [1.29, 1.82) is 0 Å². The molecule has 0 fully saturated rings. The Hall–Kier alpha value is -3.65. The fraction of sp³-hybridized carbons (Fsp3) is 0.261. The van der Waals surface area contributed by atoms with Gasteiger partial charge in [-0.05, 0) is 6.92 Å². The van der Waals surface area contributed by atoms with E-state index in [0.717, 1.165) is 0 Å². The Morgan fingerprint density at radius 3 is 2.32 bits per heavy atom. The number of carbonyl (C=O) groups is 1. The van der Waals surface area contributed by atoms with Crippen molar-refractivity contribution in [2.75, 3.05) is 26.1 Å². The average molecular weight is 423 g/mol. The Balaban J connectivity index is 1.99. The molecular weight excluding hydrogens is 398 g/mol. The number of aryl methyl sites for hydroxylation is 1. The maximum Gasteiger partial charge on any atom is 0.257 e. The molecule has 2 N–H and O–H groups in total. The van der Waals surface area contributed by atoms with E-state index < -0.39 is 5.91 Å². The van der Waals surface area contributed by atoms with Crippen LogP contribution in [0.4, 0.5) is 5.69 Å². The maximum absolute atomic E-state index is 13.2. The lowest BCUT2D eigenvalue weighted by atomic mass is 10.1. The van der Waals surface area contributed by atoms with Gasteiger partial charge in [0.2, 0.25) is 5.91 Å². The molecule has 0 unspecified atom stereocenters. The van der Waals surface area contributed by atoms with E-state index in [2.05, 4.69) is 10.3 Å². The molecule has 1 amide bonds. The molecular formula is C23H25N3O5. The zero-order valence-electron chi connectivity index (χ0n) is 17.7. The highest BCUT2D eigenvalue weighted by atomic mass is 16.5. The van der Waals surface area contributed by atoms with Gasteiger partial charge in [-0.3, -0.25) is 14.2 Å². The van der Waals surface area contributed by atoms with Gasteiger partial charge in [0.25, 0.3) is 5.56 Å². The number of anilines is 1. The molecule has 0 aliphatic carbocycles. The molecule has 0 radical (unpaired) electrons.